The van der Waals surface area contributed by atoms with Crippen molar-refractivity contribution in [3.05, 3.63) is 270 Å². The predicted molar refractivity (Wildman–Crippen MR) is 536 cm³/mol. The third kappa shape index (κ3) is 14.8. The number of rotatable bonds is 12. The van der Waals surface area contributed by atoms with Crippen LogP contribution in [-0.2, 0) is 30.4 Å². The summed E-state index contributed by atoms with van der Waals surface area (Å²) in [4.78, 5) is 158. The molecule has 4 N–H and O–H groups in total. The normalized spacial score (nSPS) is 17.8. The molecule has 141 heavy (non-hydrogen) atoms. The standard InChI is InChI=1S/C36H35F2N7O3.C36H36F2N6O2.C35H33F2N7O3/c1-8-25(46)43-15-24-35(47)42(7)34-33(44(24)14-20(43)6)21-13-22(37)27(26-18(4)9-10-23-30(26)41-16-40-23)28(38)32(21)45(36(34)48)31-19(5)11-12-39-29(31)17(2)3;1-7-27(45)42-16-22-9-10-23-34(43(22)15-21(42)6)24-14-25(37)29(28-19(4)8-11-26-32(28)41-17-40-26)30(38)35(24)44(36(23)46)33-20(5)12-13-39-31(33)18(2)3;1-7-24(45)42-14-23-34(46)41-30-33(43(23)13-19(42)6)20-12-21(36)26(25-17(4)8-9-22-29(25)40-15-39-22)27(37)32(20)44(35(30)47)31-18(5)10-11-38-28(31)16(2)3/h8-13,16-17,20,24H,1,14-15H2,2-7H3,(H,40,41);7-8,11-14,17-18,21-22H,1,9-10,15-16H2,2-6H3,(H,40,41);7-12,15-16,19,23H,1,13-14H2,2-6H3,(H,39,40)(H,41,46). The summed E-state index contributed by atoms with van der Waals surface area (Å²) in [7, 11) is 1.48. The number of nitrogens with zero attached hydrogens (tertiary/aromatic N) is 16. The van der Waals surface area contributed by atoms with Gasteiger partial charge in [0.1, 0.15) is 40.9 Å². The molecule has 9 aromatic heterocycles. The first-order chi connectivity index (χ1) is 67.3. The van der Waals surface area contributed by atoms with Gasteiger partial charge in [0.05, 0.1) is 150 Å². The van der Waals surface area contributed by atoms with Crippen molar-refractivity contribution in [2.45, 2.75) is 171 Å². The summed E-state index contributed by atoms with van der Waals surface area (Å²) in [6.07, 6.45) is 14.1. The van der Waals surface area contributed by atoms with Crippen molar-refractivity contribution in [2.24, 2.45) is 0 Å². The second kappa shape index (κ2) is 35.7. The minimum atomic E-state index is -0.946. The lowest BCUT2D eigenvalue weighted by molar-refractivity contribution is -0.132. The van der Waals surface area contributed by atoms with Gasteiger partial charge in [-0.15, -0.1) is 0 Å². The Morgan fingerprint density at radius 3 is 1.16 bits per heavy atom. The number of aromatic amines is 3. The van der Waals surface area contributed by atoms with E-state index in [4.69, 9.17) is 0 Å². The first-order valence-corrected chi connectivity index (χ1v) is 47.0. The van der Waals surface area contributed by atoms with Crippen LogP contribution in [0.15, 0.2) is 163 Å². The lowest BCUT2D eigenvalue weighted by Crippen LogP contribution is -2.66. The number of benzene rings is 6. The smallest absolute Gasteiger partial charge is 0.281 e. The fraction of sp³-hybridized carbons (Fsp3) is 0.308. The molecule has 0 bridgehead atoms. The van der Waals surface area contributed by atoms with E-state index in [2.05, 4.69) is 74.8 Å². The van der Waals surface area contributed by atoms with Gasteiger partial charge >= 0.3 is 0 Å². The number of imidazole rings is 3. The highest BCUT2D eigenvalue weighted by Gasteiger charge is 2.50. The zero-order valence-corrected chi connectivity index (χ0v) is 80.8. The van der Waals surface area contributed by atoms with E-state index in [0.717, 1.165) is 5.56 Å². The van der Waals surface area contributed by atoms with Crippen LogP contribution in [0.5, 0.6) is 0 Å². The van der Waals surface area contributed by atoms with Gasteiger partial charge in [0, 0.05) is 114 Å². The van der Waals surface area contributed by atoms with Crippen LogP contribution >= 0.6 is 0 Å². The number of pyridine rings is 6. The summed E-state index contributed by atoms with van der Waals surface area (Å²) < 4.78 is 107. The number of aryl methyl sites for hydroxylation is 6. The highest BCUT2D eigenvalue weighted by Crippen LogP contribution is 2.51. The third-order valence-corrected chi connectivity index (χ3v) is 28.8. The number of likely N-dealkylation sites (N-methyl/N-ethyl adjacent to an activating group) is 1. The Labute approximate surface area is 805 Å². The molecule has 3 saturated heterocycles. The zero-order chi connectivity index (χ0) is 100. The average molecular weight is 1910 g/mol. The Hall–Kier alpha value is -15.6. The molecule has 28 nitrogen and oxygen atoms in total. The van der Waals surface area contributed by atoms with Crippen molar-refractivity contribution >= 4 is 124 Å². The van der Waals surface area contributed by atoms with Crippen LogP contribution in [0.2, 0.25) is 0 Å². The van der Waals surface area contributed by atoms with E-state index >= 15 is 26.3 Å². The minimum absolute atomic E-state index is 0.00277. The number of carbonyl (C=O) groups excluding carboxylic acids is 5. The molecule has 6 aliphatic heterocycles. The van der Waals surface area contributed by atoms with Crippen molar-refractivity contribution in [3.8, 4) is 50.4 Å². The molecular formula is C107H104F6N20O8. The molecule has 3 fully saturated rings. The zero-order valence-electron chi connectivity index (χ0n) is 80.8. The van der Waals surface area contributed by atoms with Gasteiger partial charge in [0.2, 0.25) is 23.6 Å². The number of anilines is 5. The summed E-state index contributed by atoms with van der Waals surface area (Å²) in [5.41, 5.74) is 9.39. The Bertz CT molecular complexity index is 8150. The number of halogens is 6. The lowest BCUT2D eigenvalue weighted by Gasteiger charge is -2.50. The third-order valence-electron chi connectivity index (χ3n) is 28.8. The molecule has 34 heteroatoms. The fourth-order valence-electron chi connectivity index (χ4n) is 22.0. The maximum Gasteiger partial charge on any atom is 0.281 e. The van der Waals surface area contributed by atoms with Gasteiger partial charge in [-0.1, -0.05) is 79.5 Å². The topological polar surface area (TPSA) is 311 Å². The Morgan fingerprint density at radius 2 is 0.759 bits per heavy atom. The molecule has 0 saturated carbocycles. The van der Waals surface area contributed by atoms with Gasteiger partial charge in [0.25, 0.3) is 22.6 Å². The largest absolute Gasteiger partial charge is 0.364 e. The molecule has 6 atom stereocenters. The molecule has 6 aromatic carbocycles. The molecule has 722 valence electrons. The van der Waals surface area contributed by atoms with Crippen LogP contribution in [0.3, 0.4) is 0 Å². The van der Waals surface area contributed by atoms with Crippen molar-refractivity contribution in [3.63, 3.8) is 0 Å². The number of H-pyrrole nitrogens is 3. The summed E-state index contributed by atoms with van der Waals surface area (Å²) in [6, 6.07) is 17.0. The van der Waals surface area contributed by atoms with Gasteiger partial charge in [-0.3, -0.25) is 67.0 Å². The lowest BCUT2D eigenvalue weighted by atomic mass is 9.89. The molecule has 21 rings (SSSR count). The number of carbonyl (C=O) groups is 5. The number of piperazine rings is 3. The molecule has 5 amide bonds. The molecule has 0 radical (unpaired) electrons. The Kier molecular flexibility index (Phi) is 23.9. The molecular weight excluding hydrogens is 1810 g/mol. The fourth-order valence-corrected chi connectivity index (χ4v) is 22.0. The highest BCUT2D eigenvalue weighted by molar-refractivity contribution is 6.15. The molecule has 6 aliphatic rings. The van der Waals surface area contributed by atoms with Crippen LogP contribution in [0.1, 0.15) is 143 Å². The van der Waals surface area contributed by atoms with E-state index in [1.165, 1.54) is 86.0 Å². The molecule has 15 aromatic rings. The minimum Gasteiger partial charge on any atom is -0.364 e. The maximum absolute atomic E-state index is 17.7. The van der Waals surface area contributed by atoms with E-state index in [1.54, 1.807) is 115 Å². The number of aromatic nitrogens is 12. The second-order valence-corrected chi connectivity index (χ2v) is 38.4. The number of hydrogen-bond acceptors (Lipinski definition) is 17. The molecule has 6 unspecified atom stereocenters. The monoisotopic (exact) mass is 1910 g/mol. The van der Waals surface area contributed by atoms with E-state index < -0.39 is 82.0 Å². The van der Waals surface area contributed by atoms with Gasteiger partial charge in [-0.2, -0.15) is 0 Å². The van der Waals surface area contributed by atoms with Crippen LogP contribution in [0.4, 0.5) is 54.8 Å². The molecule has 15 heterocycles. The van der Waals surface area contributed by atoms with Gasteiger partial charge in [-0.05, 0) is 199 Å². The van der Waals surface area contributed by atoms with Crippen LogP contribution in [0, 0.1) is 76.4 Å². The van der Waals surface area contributed by atoms with Crippen molar-refractivity contribution in [1.29, 1.82) is 0 Å². The molecule has 0 aliphatic carbocycles. The number of fused-ring (bicyclic) bond motifs is 18. The van der Waals surface area contributed by atoms with Gasteiger partial charge in [0.15, 0.2) is 17.5 Å². The maximum atomic E-state index is 17.7. The van der Waals surface area contributed by atoms with E-state index in [-0.39, 0.29) is 157 Å². The van der Waals surface area contributed by atoms with Crippen molar-refractivity contribution in [1.82, 2.24) is 73.3 Å². The second-order valence-electron chi connectivity index (χ2n) is 38.4. The Balaban J connectivity index is 0.000000135. The number of nitrogens with one attached hydrogen (secondary N) is 4. The summed E-state index contributed by atoms with van der Waals surface area (Å²) in [5, 5.41) is 3.29. The SMILES string of the molecule is C=CC(=O)N1CC2C(=O)N(C)c3c(c4cc(F)c(-c5c(C)ccc6[nH]cnc56)c(F)c4n(-c4c(C)ccnc4C(C)C)c3=O)N2CC1C.C=CC(=O)N1CC2C(=O)Nc3c(c4cc(F)c(-c5c(C)ccc6[nH]cnc56)c(F)c4n(-c4c(C)ccnc4C(C)C)c3=O)N2CC1C.C=CC(=O)N1CC2CCc3c(c4cc(F)c(-c5c(C)ccc6[nH]cnc56)c(F)c4n(-c4c(C)ccnc4C(C)C)c3=O)N2CC1C. The summed E-state index contributed by atoms with van der Waals surface area (Å²) >= 11 is 0. The molecule has 0 spiro atoms. The Morgan fingerprint density at radius 1 is 0.404 bits per heavy atom. The predicted octanol–water partition coefficient (Wildman–Crippen LogP) is 17.5. The van der Waals surface area contributed by atoms with Crippen LogP contribution in [0.25, 0.3) is 116 Å². The number of hydrogen-bond donors (Lipinski definition) is 4. The summed E-state index contributed by atoms with van der Waals surface area (Å²) in [6.45, 7) is 40.0. The number of amides is 5. The van der Waals surface area contributed by atoms with Crippen LogP contribution < -0.4 is 41.6 Å². The average Bonchev–Trinajstić information content (AvgIpc) is 1.27. The van der Waals surface area contributed by atoms with Gasteiger partial charge < -0.3 is 54.6 Å². The van der Waals surface area contributed by atoms with Crippen LogP contribution in [-0.4, -0.2) is 185 Å². The van der Waals surface area contributed by atoms with E-state index in [1.807, 2.05) is 81.4 Å². The first-order valence-electron chi connectivity index (χ1n) is 47.0. The van der Waals surface area contributed by atoms with Gasteiger partial charge in [-0.25, -0.2) is 41.3 Å². The highest BCUT2D eigenvalue weighted by atomic mass is 19.2. The van der Waals surface area contributed by atoms with Crippen molar-refractivity contribution in [2.75, 3.05) is 71.2 Å². The summed E-state index contributed by atoms with van der Waals surface area (Å²) in [5.74, 6) is -7.29. The van der Waals surface area contributed by atoms with Crippen molar-refractivity contribution < 1.29 is 50.3 Å². The quantitative estimate of drug-likeness (QED) is 0.0652. The van der Waals surface area contributed by atoms with E-state index in [9.17, 15) is 38.4 Å². The van der Waals surface area contributed by atoms with E-state index in [0.29, 0.717) is 143 Å². The first kappa shape index (κ1) is 94.3.